The Balaban J connectivity index is 2.39. The molecule has 2 rings (SSSR count). The summed E-state index contributed by atoms with van der Waals surface area (Å²) in [6, 6.07) is 7.27. The summed E-state index contributed by atoms with van der Waals surface area (Å²) in [6.07, 6.45) is 1.63. The molecule has 0 bridgehead atoms. The molecule has 100 valence electrons. The van der Waals surface area contributed by atoms with Gasteiger partial charge in [-0.25, -0.2) is 9.97 Å². The number of nitrogen functional groups attached to an aromatic ring is 1. The third-order valence-electron chi connectivity index (χ3n) is 2.48. The summed E-state index contributed by atoms with van der Waals surface area (Å²) in [6.45, 7) is 5.03. The molecule has 0 aliphatic carbocycles. The van der Waals surface area contributed by atoms with Crippen molar-refractivity contribution in [3.8, 4) is 22.9 Å². The van der Waals surface area contributed by atoms with Crippen LogP contribution in [-0.4, -0.2) is 23.2 Å². The van der Waals surface area contributed by atoms with Crippen molar-refractivity contribution in [2.75, 3.05) is 18.9 Å². The first kappa shape index (κ1) is 13.1. The topological polar surface area (TPSA) is 70.3 Å². The van der Waals surface area contributed by atoms with Crippen LogP contribution in [0.4, 0.5) is 5.82 Å². The monoisotopic (exact) mass is 259 g/mol. The summed E-state index contributed by atoms with van der Waals surface area (Å²) in [5, 5.41) is 0. The zero-order chi connectivity index (χ0) is 13.7. The van der Waals surface area contributed by atoms with Crippen LogP contribution in [-0.2, 0) is 0 Å². The molecule has 0 radical (unpaired) electrons. The van der Waals surface area contributed by atoms with Gasteiger partial charge in [-0.15, -0.1) is 0 Å². The van der Waals surface area contributed by atoms with Crippen molar-refractivity contribution >= 4 is 5.82 Å². The van der Waals surface area contributed by atoms with E-state index in [9.17, 15) is 0 Å². The van der Waals surface area contributed by atoms with E-state index in [4.69, 9.17) is 15.2 Å². The van der Waals surface area contributed by atoms with Gasteiger partial charge >= 0.3 is 0 Å². The van der Waals surface area contributed by atoms with Gasteiger partial charge in [-0.2, -0.15) is 0 Å². The quantitative estimate of drug-likeness (QED) is 0.893. The Labute approximate surface area is 112 Å². The molecule has 1 aromatic carbocycles. The van der Waals surface area contributed by atoms with Gasteiger partial charge in [0, 0.05) is 11.8 Å². The molecule has 19 heavy (non-hydrogen) atoms. The third kappa shape index (κ3) is 3.13. The second-order valence-corrected chi connectivity index (χ2v) is 3.83. The predicted octanol–water partition coefficient (Wildman–Crippen LogP) is 2.52. The Morgan fingerprint density at radius 3 is 2.47 bits per heavy atom. The predicted molar refractivity (Wildman–Crippen MR) is 74.2 cm³/mol. The SMILES string of the molecule is CCOc1ccc(-c2nccc(N)n2)cc1OCC. The lowest BCUT2D eigenvalue weighted by Gasteiger charge is -2.12. The van der Waals surface area contributed by atoms with Crippen LogP contribution < -0.4 is 15.2 Å². The van der Waals surface area contributed by atoms with E-state index in [0.29, 0.717) is 30.6 Å². The summed E-state index contributed by atoms with van der Waals surface area (Å²) in [7, 11) is 0. The fourth-order valence-corrected chi connectivity index (χ4v) is 1.70. The van der Waals surface area contributed by atoms with Crippen LogP contribution in [0.25, 0.3) is 11.4 Å². The molecule has 0 spiro atoms. The minimum absolute atomic E-state index is 0.442. The molecular weight excluding hydrogens is 242 g/mol. The second-order valence-electron chi connectivity index (χ2n) is 3.83. The van der Waals surface area contributed by atoms with Crippen LogP contribution in [0.5, 0.6) is 11.5 Å². The zero-order valence-corrected chi connectivity index (χ0v) is 11.1. The molecule has 2 aromatic rings. The Morgan fingerprint density at radius 2 is 1.79 bits per heavy atom. The lowest BCUT2D eigenvalue weighted by molar-refractivity contribution is 0.288. The number of anilines is 1. The van der Waals surface area contributed by atoms with E-state index in [1.807, 2.05) is 32.0 Å². The lowest BCUT2D eigenvalue weighted by atomic mass is 10.2. The molecule has 0 saturated carbocycles. The average Bonchev–Trinajstić information content (AvgIpc) is 2.41. The van der Waals surface area contributed by atoms with Gasteiger partial charge in [0.1, 0.15) is 5.82 Å². The molecule has 0 unspecified atom stereocenters. The second kappa shape index (κ2) is 6.04. The summed E-state index contributed by atoms with van der Waals surface area (Å²) >= 11 is 0. The highest BCUT2D eigenvalue weighted by molar-refractivity contribution is 5.61. The molecule has 0 amide bonds. The van der Waals surface area contributed by atoms with Crippen LogP contribution >= 0.6 is 0 Å². The van der Waals surface area contributed by atoms with Crippen LogP contribution in [0.3, 0.4) is 0 Å². The maximum absolute atomic E-state index is 5.66. The molecule has 0 aliphatic heterocycles. The molecule has 1 aromatic heterocycles. The summed E-state index contributed by atoms with van der Waals surface area (Å²) in [5.74, 6) is 2.42. The number of benzene rings is 1. The molecule has 1 heterocycles. The van der Waals surface area contributed by atoms with Crippen LogP contribution in [0, 0.1) is 0 Å². The van der Waals surface area contributed by atoms with Crippen molar-refractivity contribution in [2.24, 2.45) is 0 Å². The van der Waals surface area contributed by atoms with Gasteiger partial charge in [0.2, 0.25) is 0 Å². The first-order valence-electron chi connectivity index (χ1n) is 6.23. The molecule has 2 N–H and O–H groups in total. The Bertz CT molecular complexity index is 558. The first-order valence-corrected chi connectivity index (χ1v) is 6.23. The molecule has 5 heteroatoms. The highest BCUT2D eigenvalue weighted by atomic mass is 16.5. The van der Waals surface area contributed by atoms with Crippen molar-refractivity contribution in [3.05, 3.63) is 30.5 Å². The van der Waals surface area contributed by atoms with Crippen molar-refractivity contribution in [1.29, 1.82) is 0 Å². The molecular formula is C14H17N3O2. The summed E-state index contributed by atoms with van der Waals surface area (Å²) in [4.78, 5) is 8.39. The maximum atomic E-state index is 5.66. The standard InChI is InChI=1S/C14H17N3O2/c1-3-18-11-6-5-10(9-12(11)19-4-2)14-16-8-7-13(15)17-14/h5-9H,3-4H2,1-2H3,(H2,15,16,17). The lowest BCUT2D eigenvalue weighted by Crippen LogP contribution is -1.99. The number of aromatic nitrogens is 2. The fraction of sp³-hybridized carbons (Fsp3) is 0.286. The number of nitrogens with zero attached hydrogens (tertiary/aromatic N) is 2. The number of nitrogens with two attached hydrogens (primary N) is 1. The molecule has 5 nitrogen and oxygen atoms in total. The van der Waals surface area contributed by atoms with E-state index < -0.39 is 0 Å². The molecule has 0 saturated heterocycles. The van der Waals surface area contributed by atoms with Gasteiger partial charge in [0.25, 0.3) is 0 Å². The van der Waals surface area contributed by atoms with Gasteiger partial charge in [0.15, 0.2) is 17.3 Å². The highest BCUT2D eigenvalue weighted by Crippen LogP contribution is 2.31. The minimum Gasteiger partial charge on any atom is -0.490 e. The largest absolute Gasteiger partial charge is 0.490 e. The number of rotatable bonds is 5. The molecule has 0 aliphatic rings. The average molecular weight is 259 g/mol. The number of hydrogen-bond acceptors (Lipinski definition) is 5. The van der Waals surface area contributed by atoms with Crippen molar-refractivity contribution in [2.45, 2.75) is 13.8 Å². The van der Waals surface area contributed by atoms with E-state index in [0.717, 1.165) is 11.3 Å². The van der Waals surface area contributed by atoms with Crippen molar-refractivity contribution < 1.29 is 9.47 Å². The van der Waals surface area contributed by atoms with Crippen molar-refractivity contribution in [1.82, 2.24) is 9.97 Å². The van der Waals surface area contributed by atoms with E-state index in [1.54, 1.807) is 12.3 Å². The van der Waals surface area contributed by atoms with E-state index >= 15 is 0 Å². The Kier molecular flexibility index (Phi) is 4.18. The molecule has 0 fully saturated rings. The van der Waals surface area contributed by atoms with Crippen LogP contribution in [0.15, 0.2) is 30.5 Å². The molecule has 0 atom stereocenters. The van der Waals surface area contributed by atoms with E-state index in [1.165, 1.54) is 0 Å². The van der Waals surface area contributed by atoms with Gasteiger partial charge < -0.3 is 15.2 Å². The van der Waals surface area contributed by atoms with E-state index in [2.05, 4.69) is 9.97 Å². The fourth-order valence-electron chi connectivity index (χ4n) is 1.70. The number of ether oxygens (including phenoxy) is 2. The van der Waals surface area contributed by atoms with Gasteiger partial charge in [-0.05, 0) is 38.1 Å². The Morgan fingerprint density at radius 1 is 1.05 bits per heavy atom. The van der Waals surface area contributed by atoms with E-state index in [-0.39, 0.29) is 0 Å². The smallest absolute Gasteiger partial charge is 0.161 e. The minimum atomic E-state index is 0.442. The van der Waals surface area contributed by atoms with Crippen LogP contribution in [0.2, 0.25) is 0 Å². The maximum Gasteiger partial charge on any atom is 0.161 e. The van der Waals surface area contributed by atoms with Gasteiger partial charge in [-0.3, -0.25) is 0 Å². The van der Waals surface area contributed by atoms with Gasteiger partial charge in [0.05, 0.1) is 13.2 Å². The van der Waals surface area contributed by atoms with Crippen LogP contribution in [0.1, 0.15) is 13.8 Å². The van der Waals surface area contributed by atoms with Crippen molar-refractivity contribution in [3.63, 3.8) is 0 Å². The first-order chi connectivity index (χ1) is 9.24. The third-order valence-corrected chi connectivity index (χ3v) is 2.48. The zero-order valence-electron chi connectivity index (χ0n) is 11.1. The number of hydrogen-bond donors (Lipinski definition) is 1. The van der Waals surface area contributed by atoms with Gasteiger partial charge in [-0.1, -0.05) is 0 Å². The normalized spacial score (nSPS) is 10.2. The summed E-state index contributed by atoms with van der Waals surface area (Å²) < 4.78 is 11.1. The summed E-state index contributed by atoms with van der Waals surface area (Å²) in [5.41, 5.74) is 6.51. The Hall–Kier alpha value is -2.30. The highest BCUT2D eigenvalue weighted by Gasteiger charge is 2.09.